The second-order valence-electron chi connectivity index (χ2n) is 5.76. The third kappa shape index (κ3) is 6.74. The molecule has 0 N–H and O–H groups in total. The van der Waals surface area contributed by atoms with Crippen molar-refractivity contribution in [3.8, 4) is 0 Å². The lowest BCUT2D eigenvalue weighted by atomic mass is 9.97. The maximum Gasteiger partial charge on any atom is -0.000219 e. The minimum atomic E-state index is 0.819. The number of hydrogen-bond donors (Lipinski definition) is 0. The number of rotatable bonds is 7. The molecule has 0 saturated carbocycles. The predicted molar refractivity (Wildman–Crippen MR) is 101 cm³/mol. The van der Waals surface area contributed by atoms with Crippen molar-refractivity contribution in [2.75, 3.05) is 4.43 Å². The first-order valence-corrected chi connectivity index (χ1v) is 9.05. The van der Waals surface area contributed by atoms with E-state index in [1.165, 1.54) is 46.0 Å². The second kappa shape index (κ2) is 9.38. The molecule has 0 aliphatic rings. The summed E-state index contributed by atoms with van der Waals surface area (Å²) in [5.74, 6) is 0.819. The van der Waals surface area contributed by atoms with Crippen LogP contribution >= 0.6 is 22.6 Å². The zero-order valence-corrected chi connectivity index (χ0v) is 15.4. The third-order valence-electron chi connectivity index (χ3n) is 3.50. The van der Waals surface area contributed by atoms with Crippen LogP contribution in [0.2, 0.25) is 0 Å². The Morgan fingerprint density at radius 2 is 1.80 bits per heavy atom. The molecular weight excluding hydrogens is 355 g/mol. The summed E-state index contributed by atoms with van der Waals surface area (Å²) in [5.41, 5.74) is 5.46. The number of allylic oxidation sites excluding steroid dienone is 3. The van der Waals surface area contributed by atoms with Crippen LogP contribution in [-0.2, 0) is 0 Å². The molecule has 0 aliphatic carbocycles. The molecule has 0 saturated heterocycles. The maximum atomic E-state index is 2.47. The Morgan fingerprint density at radius 3 is 2.35 bits per heavy atom. The van der Waals surface area contributed by atoms with Crippen LogP contribution in [0.3, 0.4) is 0 Å². The number of hydrogen-bond acceptors (Lipinski definition) is 0. The van der Waals surface area contributed by atoms with E-state index in [-0.39, 0.29) is 0 Å². The molecule has 1 rings (SSSR count). The fourth-order valence-corrected chi connectivity index (χ4v) is 3.53. The molecule has 1 aromatic rings. The second-order valence-corrected chi connectivity index (χ2v) is 6.84. The molecule has 0 fully saturated rings. The fraction of sp³-hybridized carbons (Fsp3) is 0.474. The van der Waals surface area contributed by atoms with E-state index in [4.69, 9.17) is 0 Å². The molecular formula is C19H27I. The normalized spacial score (nSPS) is 13.9. The lowest BCUT2D eigenvalue weighted by Crippen LogP contribution is -1.96. The van der Waals surface area contributed by atoms with Gasteiger partial charge in [-0.05, 0) is 61.5 Å². The van der Waals surface area contributed by atoms with E-state index in [1.54, 1.807) is 0 Å². The summed E-state index contributed by atoms with van der Waals surface area (Å²) < 4.78 is 1.26. The highest BCUT2D eigenvalue weighted by atomic mass is 127. The Hall–Kier alpha value is -0.570. The van der Waals surface area contributed by atoms with Crippen LogP contribution in [-0.4, -0.2) is 4.43 Å². The molecule has 0 radical (unpaired) electrons. The number of benzene rings is 1. The zero-order valence-electron chi connectivity index (χ0n) is 13.2. The van der Waals surface area contributed by atoms with E-state index < -0.39 is 0 Å². The van der Waals surface area contributed by atoms with Crippen LogP contribution < -0.4 is 0 Å². The van der Waals surface area contributed by atoms with Crippen LogP contribution in [0.1, 0.15) is 49.8 Å². The summed E-state index contributed by atoms with van der Waals surface area (Å²) in [5, 5.41) is 0. The van der Waals surface area contributed by atoms with Gasteiger partial charge in [-0.25, -0.2) is 0 Å². The molecule has 20 heavy (non-hydrogen) atoms. The largest absolute Gasteiger partial charge is 0.0874 e. The first-order valence-electron chi connectivity index (χ1n) is 7.52. The molecule has 110 valence electrons. The van der Waals surface area contributed by atoms with E-state index in [2.05, 4.69) is 86.7 Å². The average Bonchev–Trinajstić information content (AvgIpc) is 2.35. The molecule has 0 unspecified atom stereocenters. The summed E-state index contributed by atoms with van der Waals surface area (Å²) >= 11 is 2.47. The van der Waals surface area contributed by atoms with E-state index in [0.29, 0.717) is 0 Å². The first kappa shape index (κ1) is 17.5. The minimum Gasteiger partial charge on any atom is -0.0874 e. The SMILES string of the molecule is C/C=C\C(=C/c1cc(C)cc(C)c1)CC[C@H](C)CCI. The molecule has 1 aromatic carbocycles. The Labute approximate surface area is 138 Å². The van der Waals surface area contributed by atoms with Crippen molar-refractivity contribution in [1.29, 1.82) is 0 Å². The molecule has 0 spiro atoms. The molecule has 0 heterocycles. The maximum absolute atomic E-state index is 2.47. The van der Waals surface area contributed by atoms with E-state index >= 15 is 0 Å². The monoisotopic (exact) mass is 382 g/mol. The lowest BCUT2D eigenvalue weighted by molar-refractivity contribution is 0.525. The van der Waals surface area contributed by atoms with Gasteiger partial charge >= 0.3 is 0 Å². The van der Waals surface area contributed by atoms with E-state index in [9.17, 15) is 0 Å². The van der Waals surface area contributed by atoms with Gasteiger partial charge in [-0.3, -0.25) is 0 Å². The standard InChI is InChI=1S/C19H27I/c1-5-6-18(8-7-15(2)9-10-20)14-19-12-16(3)11-17(4)13-19/h5-6,11-15H,7-10H2,1-4H3/b6-5-,18-14+/t15-/m0/s1. The van der Waals surface area contributed by atoms with Gasteiger partial charge in [0.1, 0.15) is 0 Å². The van der Waals surface area contributed by atoms with Crippen LogP contribution in [0.5, 0.6) is 0 Å². The van der Waals surface area contributed by atoms with Gasteiger partial charge in [0.2, 0.25) is 0 Å². The van der Waals surface area contributed by atoms with E-state index in [1.807, 2.05) is 0 Å². The van der Waals surface area contributed by atoms with Gasteiger partial charge in [0.05, 0.1) is 0 Å². The Kier molecular flexibility index (Phi) is 8.20. The van der Waals surface area contributed by atoms with Crippen molar-refractivity contribution < 1.29 is 0 Å². The smallest absolute Gasteiger partial charge is 0.000219 e. The van der Waals surface area contributed by atoms with Gasteiger partial charge in [-0.1, -0.05) is 77.1 Å². The highest BCUT2D eigenvalue weighted by Gasteiger charge is 2.03. The number of alkyl halides is 1. The third-order valence-corrected chi connectivity index (χ3v) is 4.13. The molecule has 1 heteroatoms. The van der Waals surface area contributed by atoms with Crippen LogP contribution in [0.15, 0.2) is 35.9 Å². The highest BCUT2D eigenvalue weighted by Crippen LogP contribution is 2.20. The topological polar surface area (TPSA) is 0 Å². The quantitative estimate of drug-likeness (QED) is 0.287. The van der Waals surface area contributed by atoms with Gasteiger partial charge in [0, 0.05) is 0 Å². The summed E-state index contributed by atoms with van der Waals surface area (Å²) in [7, 11) is 0. The molecule has 0 aromatic heterocycles. The number of halogens is 1. The van der Waals surface area contributed by atoms with Crippen molar-refractivity contribution in [2.24, 2.45) is 5.92 Å². The van der Waals surface area contributed by atoms with Crippen molar-refractivity contribution in [3.63, 3.8) is 0 Å². The summed E-state index contributed by atoms with van der Waals surface area (Å²) in [6.07, 6.45) is 10.5. The average molecular weight is 382 g/mol. The van der Waals surface area contributed by atoms with Crippen molar-refractivity contribution in [2.45, 2.75) is 47.0 Å². The Morgan fingerprint density at radius 1 is 1.15 bits per heavy atom. The molecule has 0 aliphatic heterocycles. The summed E-state index contributed by atoms with van der Waals surface area (Å²) in [4.78, 5) is 0. The van der Waals surface area contributed by atoms with Gasteiger partial charge in [-0.2, -0.15) is 0 Å². The first-order chi connectivity index (χ1) is 9.55. The molecule has 1 atom stereocenters. The fourth-order valence-electron chi connectivity index (χ4n) is 2.47. The lowest BCUT2D eigenvalue weighted by Gasteiger charge is -2.10. The van der Waals surface area contributed by atoms with Gasteiger partial charge in [0.15, 0.2) is 0 Å². The van der Waals surface area contributed by atoms with Gasteiger partial charge in [0.25, 0.3) is 0 Å². The molecule has 0 bridgehead atoms. The van der Waals surface area contributed by atoms with Crippen LogP contribution in [0.4, 0.5) is 0 Å². The van der Waals surface area contributed by atoms with Gasteiger partial charge in [-0.15, -0.1) is 0 Å². The predicted octanol–water partition coefficient (Wildman–Crippen LogP) is 6.50. The Balaban J connectivity index is 2.81. The van der Waals surface area contributed by atoms with E-state index in [0.717, 1.165) is 5.92 Å². The zero-order chi connectivity index (χ0) is 15.0. The summed E-state index contributed by atoms with van der Waals surface area (Å²) in [6.45, 7) is 8.80. The van der Waals surface area contributed by atoms with Gasteiger partial charge < -0.3 is 0 Å². The summed E-state index contributed by atoms with van der Waals surface area (Å²) in [6, 6.07) is 6.77. The Bertz CT molecular complexity index is 448. The number of aryl methyl sites for hydroxylation is 2. The minimum absolute atomic E-state index is 0.819. The van der Waals surface area contributed by atoms with Crippen LogP contribution in [0, 0.1) is 19.8 Å². The van der Waals surface area contributed by atoms with Crippen molar-refractivity contribution in [1.82, 2.24) is 0 Å². The van der Waals surface area contributed by atoms with Crippen molar-refractivity contribution in [3.05, 3.63) is 52.6 Å². The molecule has 0 amide bonds. The molecule has 0 nitrogen and oxygen atoms in total. The van der Waals surface area contributed by atoms with Crippen molar-refractivity contribution >= 4 is 28.7 Å². The highest BCUT2D eigenvalue weighted by molar-refractivity contribution is 14.1. The van der Waals surface area contributed by atoms with Crippen LogP contribution in [0.25, 0.3) is 6.08 Å².